The number of hydrogen-bond donors (Lipinski definition) is 3. The normalized spacial score (nSPS) is 12.9. The fraction of sp³-hybridized carbons (Fsp3) is 0.333. The molecule has 0 aliphatic heterocycles. The van der Waals surface area contributed by atoms with Crippen LogP contribution in [0.15, 0.2) is 29.3 Å². The second kappa shape index (κ2) is 4.55. The number of aliphatic hydroxyl groups excluding tert-OH is 1. The van der Waals surface area contributed by atoms with Gasteiger partial charge in [0, 0.05) is 23.7 Å². The van der Waals surface area contributed by atoms with Crippen LogP contribution in [0.4, 0.5) is 0 Å². The van der Waals surface area contributed by atoms with Gasteiger partial charge in [-0.05, 0) is 12.0 Å². The first-order valence-electron chi connectivity index (χ1n) is 5.49. The summed E-state index contributed by atoms with van der Waals surface area (Å²) in [6, 6.07) is 3.52. The molecule has 0 fully saturated rings. The largest absolute Gasteiger partial charge is 0.382 e. The number of nitrogens with one attached hydrogen (secondary N) is 2. The van der Waals surface area contributed by atoms with Gasteiger partial charge in [-0.25, -0.2) is 4.79 Å². The number of pyridine rings is 1. The maximum Gasteiger partial charge on any atom is 0.323 e. The average Bonchev–Trinajstić information content (AvgIpc) is 2.72. The van der Waals surface area contributed by atoms with E-state index in [1.807, 2.05) is 13.8 Å². The van der Waals surface area contributed by atoms with Gasteiger partial charge in [-0.3, -0.25) is 4.98 Å². The molecule has 0 saturated carbocycles. The highest BCUT2D eigenvalue weighted by molar-refractivity contribution is 5.27. The molecule has 1 unspecified atom stereocenters. The molecule has 0 bridgehead atoms. The summed E-state index contributed by atoms with van der Waals surface area (Å²) in [5, 5.41) is 10.2. The van der Waals surface area contributed by atoms with Crippen molar-refractivity contribution < 1.29 is 5.11 Å². The molecule has 1 atom stereocenters. The van der Waals surface area contributed by atoms with Crippen LogP contribution in [-0.4, -0.2) is 20.1 Å². The molecular formula is C12H15N3O2. The standard InChI is InChI=1S/C12H15N3O2/c1-7(2)9-10(15-12(17)14-9)11(16)8-4-3-5-13-6-8/h3-7,11,16H,1-2H3,(H2,14,15,17). The zero-order valence-corrected chi connectivity index (χ0v) is 9.77. The van der Waals surface area contributed by atoms with Crippen LogP contribution >= 0.6 is 0 Å². The number of rotatable bonds is 3. The summed E-state index contributed by atoms with van der Waals surface area (Å²) >= 11 is 0. The van der Waals surface area contributed by atoms with Crippen LogP contribution in [0.3, 0.4) is 0 Å². The number of hydrogen-bond acceptors (Lipinski definition) is 3. The van der Waals surface area contributed by atoms with Crippen molar-refractivity contribution in [3.63, 3.8) is 0 Å². The Hall–Kier alpha value is -1.88. The molecule has 0 amide bonds. The molecule has 0 aromatic carbocycles. The summed E-state index contributed by atoms with van der Waals surface area (Å²) in [6.07, 6.45) is 2.36. The zero-order chi connectivity index (χ0) is 12.4. The molecule has 0 saturated heterocycles. The summed E-state index contributed by atoms with van der Waals surface area (Å²) in [5.41, 5.74) is 1.60. The minimum atomic E-state index is -0.861. The lowest BCUT2D eigenvalue weighted by atomic mass is 10.0. The van der Waals surface area contributed by atoms with Gasteiger partial charge in [0.2, 0.25) is 0 Å². The number of imidazole rings is 1. The number of H-pyrrole nitrogens is 2. The van der Waals surface area contributed by atoms with Crippen LogP contribution in [-0.2, 0) is 0 Å². The molecular weight excluding hydrogens is 218 g/mol. The number of nitrogens with zero attached hydrogens (tertiary/aromatic N) is 1. The third-order valence-corrected chi connectivity index (χ3v) is 2.64. The van der Waals surface area contributed by atoms with E-state index in [1.54, 1.807) is 24.5 Å². The van der Waals surface area contributed by atoms with Crippen molar-refractivity contribution in [2.45, 2.75) is 25.9 Å². The molecule has 3 N–H and O–H groups in total. The fourth-order valence-electron chi connectivity index (χ4n) is 1.79. The van der Waals surface area contributed by atoms with Crippen LogP contribution < -0.4 is 5.69 Å². The Balaban J connectivity index is 2.44. The van der Waals surface area contributed by atoms with Crippen LogP contribution in [0.1, 0.15) is 42.8 Å². The molecule has 2 rings (SSSR count). The highest BCUT2D eigenvalue weighted by atomic mass is 16.3. The molecule has 0 aliphatic rings. The van der Waals surface area contributed by atoms with E-state index in [0.717, 1.165) is 5.69 Å². The summed E-state index contributed by atoms with van der Waals surface area (Å²) in [5.74, 6) is 0.135. The van der Waals surface area contributed by atoms with E-state index in [9.17, 15) is 9.90 Å². The Morgan fingerprint density at radius 2 is 2.00 bits per heavy atom. The molecule has 0 radical (unpaired) electrons. The summed E-state index contributed by atoms with van der Waals surface area (Å²) in [7, 11) is 0. The molecule has 0 aliphatic carbocycles. The van der Waals surface area contributed by atoms with Gasteiger partial charge in [0.25, 0.3) is 0 Å². The highest BCUT2D eigenvalue weighted by Crippen LogP contribution is 2.24. The summed E-state index contributed by atoms with van der Waals surface area (Å²) < 4.78 is 0. The van der Waals surface area contributed by atoms with Crippen molar-refractivity contribution in [1.29, 1.82) is 0 Å². The van der Waals surface area contributed by atoms with Crippen molar-refractivity contribution in [2.75, 3.05) is 0 Å². The maximum atomic E-state index is 11.3. The topological polar surface area (TPSA) is 81.8 Å². The third kappa shape index (κ3) is 2.29. The van der Waals surface area contributed by atoms with Gasteiger partial charge in [-0.2, -0.15) is 0 Å². The molecule has 2 heterocycles. The zero-order valence-electron chi connectivity index (χ0n) is 9.77. The van der Waals surface area contributed by atoms with Crippen molar-refractivity contribution in [3.05, 3.63) is 52.0 Å². The van der Waals surface area contributed by atoms with Crippen LogP contribution in [0.2, 0.25) is 0 Å². The predicted molar refractivity (Wildman–Crippen MR) is 63.8 cm³/mol. The minimum absolute atomic E-state index is 0.135. The highest BCUT2D eigenvalue weighted by Gasteiger charge is 2.19. The fourth-order valence-corrected chi connectivity index (χ4v) is 1.79. The average molecular weight is 233 g/mol. The van der Waals surface area contributed by atoms with Gasteiger partial charge in [0.1, 0.15) is 6.10 Å². The summed E-state index contributed by atoms with van der Waals surface area (Å²) in [4.78, 5) is 20.6. The number of aliphatic hydroxyl groups is 1. The van der Waals surface area contributed by atoms with Crippen molar-refractivity contribution in [3.8, 4) is 0 Å². The minimum Gasteiger partial charge on any atom is -0.382 e. The third-order valence-electron chi connectivity index (χ3n) is 2.64. The second-order valence-corrected chi connectivity index (χ2v) is 4.25. The number of aromatic nitrogens is 3. The van der Waals surface area contributed by atoms with Gasteiger partial charge in [-0.15, -0.1) is 0 Å². The van der Waals surface area contributed by atoms with Gasteiger partial charge in [0.05, 0.1) is 5.69 Å². The molecule has 5 nitrogen and oxygen atoms in total. The molecule has 90 valence electrons. The Labute approximate surface area is 98.6 Å². The van der Waals surface area contributed by atoms with Crippen molar-refractivity contribution >= 4 is 0 Å². The number of aromatic amines is 2. The lowest BCUT2D eigenvalue weighted by Crippen LogP contribution is -2.06. The molecule has 2 aromatic heterocycles. The van der Waals surface area contributed by atoms with Crippen LogP contribution in [0.25, 0.3) is 0 Å². The van der Waals surface area contributed by atoms with Gasteiger partial charge in [-0.1, -0.05) is 19.9 Å². The van der Waals surface area contributed by atoms with Crippen LogP contribution in [0.5, 0.6) is 0 Å². The quantitative estimate of drug-likeness (QED) is 0.747. The predicted octanol–water partition coefficient (Wildman–Crippen LogP) is 1.30. The Bertz CT molecular complexity index is 542. The van der Waals surface area contributed by atoms with E-state index in [-0.39, 0.29) is 11.6 Å². The van der Waals surface area contributed by atoms with Gasteiger partial charge in [0.15, 0.2) is 0 Å². The van der Waals surface area contributed by atoms with E-state index < -0.39 is 6.10 Å². The van der Waals surface area contributed by atoms with E-state index in [2.05, 4.69) is 15.0 Å². The Morgan fingerprint density at radius 1 is 1.29 bits per heavy atom. The first-order valence-corrected chi connectivity index (χ1v) is 5.49. The monoisotopic (exact) mass is 233 g/mol. The van der Waals surface area contributed by atoms with Crippen molar-refractivity contribution in [1.82, 2.24) is 15.0 Å². The lowest BCUT2D eigenvalue weighted by Gasteiger charge is -2.12. The van der Waals surface area contributed by atoms with E-state index in [1.165, 1.54) is 0 Å². The molecule has 0 spiro atoms. The second-order valence-electron chi connectivity index (χ2n) is 4.25. The van der Waals surface area contributed by atoms with Gasteiger partial charge < -0.3 is 15.1 Å². The summed E-state index contributed by atoms with van der Waals surface area (Å²) in [6.45, 7) is 3.91. The molecule has 17 heavy (non-hydrogen) atoms. The molecule has 2 aromatic rings. The smallest absolute Gasteiger partial charge is 0.323 e. The van der Waals surface area contributed by atoms with E-state index in [0.29, 0.717) is 11.3 Å². The first kappa shape index (κ1) is 11.6. The Kier molecular flexibility index (Phi) is 3.10. The van der Waals surface area contributed by atoms with Crippen LogP contribution in [0, 0.1) is 0 Å². The van der Waals surface area contributed by atoms with Crippen molar-refractivity contribution in [2.24, 2.45) is 0 Å². The Morgan fingerprint density at radius 3 is 2.59 bits per heavy atom. The lowest BCUT2D eigenvalue weighted by molar-refractivity contribution is 0.213. The maximum absolute atomic E-state index is 11.3. The molecule has 5 heteroatoms. The van der Waals surface area contributed by atoms with E-state index >= 15 is 0 Å². The SMILES string of the molecule is CC(C)c1[nH]c(=O)[nH]c1C(O)c1cccnc1. The first-order chi connectivity index (χ1) is 8.09. The van der Waals surface area contributed by atoms with Gasteiger partial charge >= 0.3 is 5.69 Å². The van der Waals surface area contributed by atoms with E-state index in [4.69, 9.17) is 0 Å².